The molecule has 0 atom stereocenters. The topological polar surface area (TPSA) is 94.8 Å². The summed E-state index contributed by atoms with van der Waals surface area (Å²) < 4.78 is 0. The standard InChI is InChI=1S/C5H8O5P/c6-3-1-2-5(7)4-11(8,9)10/h1-3,8-10H,4H2/q+1. The maximum Gasteiger partial charge on any atom is 0.411 e. The van der Waals surface area contributed by atoms with E-state index in [1.807, 2.05) is 0 Å². The van der Waals surface area contributed by atoms with Gasteiger partial charge in [-0.1, -0.05) is 0 Å². The molecule has 0 saturated heterocycles. The van der Waals surface area contributed by atoms with Crippen molar-refractivity contribution in [3.8, 4) is 0 Å². The molecule has 0 saturated carbocycles. The monoisotopic (exact) mass is 179 g/mol. The van der Waals surface area contributed by atoms with Crippen LogP contribution in [-0.4, -0.2) is 32.9 Å². The van der Waals surface area contributed by atoms with Crippen LogP contribution >= 0.6 is 7.94 Å². The van der Waals surface area contributed by atoms with Crippen LogP contribution in [-0.2, 0) is 9.59 Å². The molecule has 6 heteroatoms. The SMILES string of the molecule is O=CC=CC(=O)C[P+](O)(O)O. The molecule has 0 aromatic rings. The van der Waals surface area contributed by atoms with Crippen LogP contribution in [0, 0.1) is 0 Å². The average molecular weight is 179 g/mol. The molecule has 3 N–H and O–H groups in total. The molecular formula is C5H8O5P+. The van der Waals surface area contributed by atoms with Crippen LogP contribution in [0.2, 0.25) is 0 Å². The first kappa shape index (κ1) is 10.4. The molecule has 0 unspecified atom stereocenters. The number of hydrogen-bond acceptors (Lipinski definition) is 5. The van der Waals surface area contributed by atoms with Gasteiger partial charge in [-0.25, -0.2) is 0 Å². The first-order chi connectivity index (χ1) is 4.95. The zero-order valence-corrected chi connectivity index (χ0v) is 6.44. The number of rotatable bonds is 4. The third-order valence-corrected chi connectivity index (χ3v) is 1.46. The molecule has 0 radical (unpaired) electrons. The van der Waals surface area contributed by atoms with Crippen molar-refractivity contribution in [1.29, 1.82) is 0 Å². The second-order valence-corrected chi connectivity index (χ2v) is 3.51. The van der Waals surface area contributed by atoms with Crippen molar-refractivity contribution in [2.24, 2.45) is 0 Å². The fourth-order valence-electron chi connectivity index (χ4n) is 0.408. The van der Waals surface area contributed by atoms with Crippen LogP contribution in [0.1, 0.15) is 0 Å². The van der Waals surface area contributed by atoms with E-state index in [2.05, 4.69) is 0 Å². The summed E-state index contributed by atoms with van der Waals surface area (Å²) in [5.74, 6) is -0.696. The largest absolute Gasteiger partial charge is 0.411 e. The minimum absolute atomic E-state index is 0.379. The quantitative estimate of drug-likeness (QED) is 0.294. The van der Waals surface area contributed by atoms with Crippen LogP contribution in [0.5, 0.6) is 0 Å². The van der Waals surface area contributed by atoms with Crippen molar-refractivity contribution in [2.75, 3.05) is 6.16 Å². The Kier molecular flexibility index (Phi) is 4.07. The smallest absolute Gasteiger partial charge is 0.299 e. The molecule has 0 amide bonds. The Bertz CT molecular complexity index is 180. The second kappa shape index (κ2) is 4.31. The van der Waals surface area contributed by atoms with Gasteiger partial charge in [0.25, 0.3) is 0 Å². The van der Waals surface area contributed by atoms with E-state index in [4.69, 9.17) is 14.7 Å². The third-order valence-electron chi connectivity index (χ3n) is 0.729. The first-order valence-electron chi connectivity index (χ1n) is 2.66. The van der Waals surface area contributed by atoms with Gasteiger partial charge >= 0.3 is 7.94 Å². The molecule has 0 aromatic heterocycles. The molecule has 62 valence electrons. The molecule has 0 heterocycles. The van der Waals surface area contributed by atoms with Crippen molar-refractivity contribution >= 4 is 20.0 Å². The lowest BCUT2D eigenvalue weighted by molar-refractivity contribution is -0.113. The van der Waals surface area contributed by atoms with Crippen molar-refractivity contribution < 1.29 is 24.3 Å². The van der Waals surface area contributed by atoms with Crippen LogP contribution in [0.4, 0.5) is 0 Å². The van der Waals surface area contributed by atoms with Crippen LogP contribution in [0.3, 0.4) is 0 Å². The van der Waals surface area contributed by atoms with Gasteiger partial charge < -0.3 is 0 Å². The minimum Gasteiger partial charge on any atom is -0.299 e. The Hall–Kier alpha value is -0.610. The van der Waals surface area contributed by atoms with Gasteiger partial charge in [0.05, 0.1) is 0 Å². The van der Waals surface area contributed by atoms with Gasteiger partial charge in [-0.05, 0) is 12.2 Å². The molecule has 0 rings (SSSR count). The summed E-state index contributed by atoms with van der Waals surface area (Å²) in [6.07, 6.45) is 1.42. The Morgan fingerprint density at radius 3 is 2.27 bits per heavy atom. The summed E-state index contributed by atoms with van der Waals surface area (Å²) in [5.41, 5.74) is 0. The lowest BCUT2D eigenvalue weighted by Crippen LogP contribution is -2.05. The normalized spacial score (nSPS) is 11.9. The van der Waals surface area contributed by atoms with Crippen LogP contribution in [0.15, 0.2) is 12.2 Å². The predicted molar refractivity (Wildman–Crippen MR) is 38.7 cm³/mol. The highest BCUT2D eigenvalue weighted by molar-refractivity contribution is 7.59. The zero-order valence-electron chi connectivity index (χ0n) is 5.54. The van der Waals surface area contributed by atoms with Crippen LogP contribution < -0.4 is 0 Å². The lowest BCUT2D eigenvalue weighted by Gasteiger charge is -1.98. The first-order valence-corrected chi connectivity index (χ1v) is 4.50. The number of aldehydes is 1. The minimum atomic E-state index is -4.03. The molecule has 0 bridgehead atoms. The summed E-state index contributed by atoms with van der Waals surface area (Å²) in [6.45, 7) is 0. The summed E-state index contributed by atoms with van der Waals surface area (Å²) in [6, 6.07) is 0. The number of allylic oxidation sites excluding steroid dienone is 2. The summed E-state index contributed by atoms with van der Waals surface area (Å²) in [5, 5.41) is 0. The van der Waals surface area contributed by atoms with E-state index in [-0.39, 0.29) is 0 Å². The molecular weight excluding hydrogens is 171 g/mol. The van der Waals surface area contributed by atoms with E-state index in [0.717, 1.165) is 12.2 Å². The Morgan fingerprint density at radius 1 is 1.36 bits per heavy atom. The van der Waals surface area contributed by atoms with E-state index >= 15 is 0 Å². The number of carbonyl (C=O) groups excluding carboxylic acids is 2. The highest BCUT2D eigenvalue weighted by Gasteiger charge is 2.32. The summed E-state index contributed by atoms with van der Waals surface area (Å²) in [4.78, 5) is 45.3. The van der Waals surface area contributed by atoms with E-state index in [1.165, 1.54) is 0 Å². The molecule has 0 aromatic carbocycles. The van der Waals surface area contributed by atoms with E-state index in [1.54, 1.807) is 0 Å². The molecule has 0 fully saturated rings. The van der Waals surface area contributed by atoms with E-state index < -0.39 is 19.9 Å². The Balaban J connectivity index is 3.89. The van der Waals surface area contributed by atoms with Gasteiger partial charge in [-0.3, -0.25) is 9.59 Å². The van der Waals surface area contributed by atoms with Crippen molar-refractivity contribution in [1.82, 2.24) is 0 Å². The summed E-state index contributed by atoms with van der Waals surface area (Å²) >= 11 is 0. The fourth-order valence-corrected chi connectivity index (χ4v) is 0.932. The molecule has 5 nitrogen and oxygen atoms in total. The number of ketones is 1. The van der Waals surface area contributed by atoms with Crippen molar-refractivity contribution in [2.45, 2.75) is 0 Å². The van der Waals surface area contributed by atoms with E-state index in [0.29, 0.717) is 6.29 Å². The number of hydrogen-bond donors (Lipinski definition) is 3. The van der Waals surface area contributed by atoms with Gasteiger partial charge in [-0.2, -0.15) is 14.7 Å². The lowest BCUT2D eigenvalue weighted by atomic mass is 10.4. The molecule has 11 heavy (non-hydrogen) atoms. The highest BCUT2D eigenvalue weighted by Crippen LogP contribution is 2.43. The van der Waals surface area contributed by atoms with Crippen molar-refractivity contribution in [3.63, 3.8) is 0 Å². The molecule has 0 aliphatic heterocycles. The highest BCUT2D eigenvalue weighted by atomic mass is 31.2. The van der Waals surface area contributed by atoms with E-state index in [9.17, 15) is 9.59 Å². The fraction of sp³-hybridized carbons (Fsp3) is 0.200. The Labute approximate surface area is 63.6 Å². The molecule has 0 spiro atoms. The zero-order chi connectivity index (χ0) is 8.91. The maximum absolute atomic E-state index is 10.5. The average Bonchev–Trinajstić information content (AvgIpc) is 1.79. The number of carbonyl (C=O) groups is 2. The predicted octanol–water partition coefficient (Wildman–Crippen LogP) is -0.950. The second-order valence-electron chi connectivity index (χ2n) is 1.81. The van der Waals surface area contributed by atoms with Gasteiger partial charge in [0.15, 0.2) is 0 Å². The van der Waals surface area contributed by atoms with Gasteiger partial charge in [0.1, 0.15) is 6.29 Å². The van der Waals surface area contributed by atoms with Gasteiger partial charge in [0.2, 0.25) is 11.9 Å². The van der Waals surface area contributed by atoms with Crippen molar-refractivity contribution in [3.05, 3.63) is 12.2 Å². The maximum atomic E-state index is 10.5. The van der Waals surface area contributed by atoms with Crippen LogP contribution in [0.25, 0.3) is 0 Å². The summed E-state index contributed by atoms with van der Waals surface area (Å²) in [7, 11) is -4.03. The van der Waals surface area contributed by atoms with Gasteiger partial charge in [0, 0.05) is 0 Å². The molecule has 0 aliphatic carbocycles. The van der Waals surface area contributed by atoms with Gasteiger partial charge in [-0.15, -0.1) is 0 Å². The third kappa shape index (κ3) is 7.29. The Morgan fingerprint density at radius 2 is 1.91 bits per heavy atom. The molecule has 0 aliphatic rings.